The zero-order valence-electron chi connectivity index (χ0n) is 15.0. The minimum absolute atomic E-state index is 0.866. The van der Waals surface area contributed by atoms with Gasteiger partial charge in [0.2, 0.25) is 0 Å². The van der Waals surface area contributed by atoms with Gasteiger partial charge in [-0.3, -0.25) is 0 Å². The number of rotatable bonds is 15. The summed E-state index contributed by atoms with van der Waals surface area (Å²) in [6.07, 6.45) is 17.9. The van der Waals surface area contributed by atoms with Crippen LogP contribution in [0.3, 0.4) is 0 Å². The van der Waals surface area contributed by atoms with Crippen molar-refractivity contribution in [3.05, 3.63) is 36.9 Å². The molecule has 2 aromatic rings. The third kappa shape index (κ3) is 11.3. The minimum atomic E-state index is 0.866. The van der Waals surface area contributed by atoms with Gasteiger partial charge in [0.05, 0.1) is 0 Å². The van der Waals surface area contributed by atoms with Crippen molar-refractivity contribution >= 4 is 43.2 Å². The summed E-state index contributed by atoms with van der Waals surface area (Å²) in [5.74, 6) is 2.37. The molecule has 0 amide bonds. The summed E-state index contributed by atoms with van der Waals surface area (Å²) in [6.45, 7) is 0. The molecule has 0 aliphatic carbocycles. The van der Waals surface area contributed by atoms with Gasteiger partial charge in [0.15, 0.2) is 10.3 Å². The van der Waals surface area contributed by atoms with E-state index in [0.29, 0.717) is 0 Å². The van der Waals surface area contributed by atoms with E-state index < -0.39 is 0 Å². The molecule has 142 valence electrons. The molecule has 4 nitrogen and oxygen atoms in total. The molecule has 0 aliphatic heterocycles. The first-order chi connectivity index (χ1) is 12.9. The van der Waals surface area contributed by atoms with Crippen LogP contribution < -0.4 is 0 Å². The largest absolute Gasteiger partial charge is 0.230 e. The first-order valence-electron chi connectivity index (χ1n) is 9.08. The van der Waals surface area contributed by atoms with Crippen LogP contribution in [-0.4, -0.2) is 31.4 Å². The van der Waals surface area contributed by atoms with Crippen molar-refractivity contribution in [2.75, 3.05) is 11.5 Å². The Morgan fingerprint density at radius 2 is 0.846 bits per heavy atom. The molecule has 26 heavy (non-hydrogen) atoms. The van der Waals surface area contributed by atoms with Crippen molar-refractivity contribution in [2.45, 2.75) is 61.7 Å². The number of hydrogen-bond donors (Lipinski definition) is 0. The molecule has 0 aliphatic rings. The average molecular weight is 427 g/mol. The Kier molecular flexibility index (Phi) is 13.1. The Balaban J connectivity index is 1.28. The van der Waals surface area contributed by atoms with Gasteiger partial charge in [-0.1, -0.05) is 60.1 Å². The number of aromatic nitrogens is 4. The number of hydrogen-bond acceptors (Lipinski definition) is 8. The Bertz CT molecular complexity index is 508. The van der Waals surface area contributed by atoms with Crippen LogP contribution >= 0.6 is 43.2 Å². The molecule has 2 heterocycles. The van der Waals surface area contributed by atoms with Crippen LogP contribution in [0.25, 0.3) is 0 Å². The molecule has 2 aromatic heterocycles. The zero-order valence-corrected chi connectivity index (χ0v) is 18.2. The molecule has 0 radical (unpaired) electrons. The van der Waals surface area contributed by atoms with E-state index >= 15 is 0 Å². The number of nitrogens with zero attached hydrogens (tertiary/aromatic N) is 4. The van der Waals surface area contributed by atoms with Gasteiger partial charge >= 0.3 is 0 Å². The van der Waals surface area contributed by atoms with Crippen molar-refractivity contribution < 1.29 is 0 Å². The van der Waals surface area contributed by atoms with E-state index in [1.807, 2.05) is 33.7 Å². The summed E-state index contributed by atoms with van der Waals surface area (Å²) in [5, 5.41) is 1.73. The molecule has 0 spiro atoms. The lowest BCUT2D eigenvalue weighted by atomic mass is 10.1. The highest BCUT2D eigenvalue weighted by Crippen LogP contribution is 2.29. The fourth-order valence-electron chi connectivity index (χ4n) is 2.23. The van der Waals surface area contributed by atoms with E-state index in [-0.39, 0.29) is 0 Å². The predicted molar refractivity (Wildman–Crippen MR) is 118 cm³/mol. The second-order valence-electron chi connectivity index (χ2n) is 5.70. The van der Waals surface area contributed by atoms with Crippen molar-refractivity contribution in [3.8, 4) is 0 Å². The van der Waals surface area contributed by atoms with E-state index in [4.69, 9.17) is 0 Å². The SMILES string of the molecule is c1cnc(SSCCCCCCCCCCSSc2ncccn2)nc1. The summed E-state index contributed by atoms with van der Waals surface area (Å²) < 4.78 is 0. The van der Waals surface area contributed by atoms with Crippen molar-refractivity contribution in [3.63, 3.8) is 0 Å². The maximum Gasteiger partial charge on any atom is 0.198 e. The minimum Gasteiger partial charge on any atom is -0.230 e. The van der Waals surface area contributed by atoms with Gasteiger partial charge in [-0.15, -0.1) is 0 Å². The van der Waals surface area contributed by atoms with E-state index in [0.717, 1.165) is 10.3 Å². The lowest BCUT2D eigenvalue weighted by molar-refractivity contribution is 0.588. The highest BCUT2D eigenvalue weighted by molar-refractivity contribution is 8.76. The maximum atomic E-state index is 4.21. The maximum absolute atomic E-state index is 4.21. The highest BCUT2D eigenvalue weighted by Gasteiger charge is 1.98. The molecule has 2 rings (SSSR count). The zero-order chi connectivity index (χ0) is 18.1. The smallest absolute Gasteiger partial charge is 0.198 e. The Morgan fingerprint density at radius 3 is 1.23 bits per heavy atom. The average Bonchev–Trinajstić information content (AvgIpc) is 2.70. The van der Waals surface area contributed by atoms with E-state index in [9.17, 15) is 0 Å². The lowest BCUT2D eigenvalue weighted by Gasteiger charge is -2.03. The topological polar surface area (TPSA) is 51.6 Å². The van der Waals surface area contributed by atoms with Crippen LogP contribution in [0.4, 0.5) is 0 Å². The monoisotopic (exact) mass is 426 g/mol. The van der Waals surface area contributed by atoms with Gasteiger partial charge in [0.1, 0.15) is 0 Å². The molecule has 8 heteroatoms. The summed E-state index contributed by atoms with van der Waals surface area (Å²) in [6, 6.07) is 3.71. The molecule has 0 atom stereocenters. The van der Waals surface area contributed by atoms with Gasteiger partial charge in [-0.25, -0.2) is 19.9 Å². The first kappa shape index (κ1) is 21.9. The fourth-order valence-corrected chi connectivity index (χ4v) is 6.02. The van der Waals surface area contributed by atoms with Crippen LogP contribution in [0, 0.1) is 0 Å². The van der Waals surface area contributed by atoms with Gasteiger partial charge in [0.25, 0.3) is 0 Å². The second kappa shape index (κ2) is 15.6. The second-order valence-corrected chi connectivity index (χ2v) is 10.5. The lowest BCUT2D eigenvalue weighted by Crippen LogP contribution is -1.85. The molecule has 0 N–H and O–H groups in total. The quantitative estimate of drug-likeness (QED) is 0.180. The van der Waals surface area contributed by atoms with Crippen LogP contribution in [0.1, 0.15) is 51.4 Å². The van der Waals surface area contributed by atoms with Crippen molar-refractivity contribution in [1.82, 2.24) is 19.9 Å². The van der Waals surface area contributed by atoms with Crippen molar-refractivity contribution in [2.24, 2.45) is 0 Å². The van der Waals surface area contributed by atoms with Crippen molar-refractivity contribution in [1.29, 1.82) is 0 Å². The van der Waals surface area contributed by atoms with Crippen LogP contribution in [-0.2, 0) is 0 Å². The predicted octanol–water partition coefficient (Wildman–Crippen LogP) is 6.57. The molecule has 0 saturated carbocycles. The van der Waals surface area contributed by atoms with E-state index in [1.165, 1.54) is 62.9 Å². The summed E-state index contributed by atoms with van der Waals surface area (Å²) >= 11 is 0. The molecular formula is C18H26N4S4. The van der Waals surface area contributed by atoms with Gasteiger partial charge < -0.3 is 0 Å². The Hall–Kier alpha value is -0.440. The third-order valence-electron chi connectivity index (χ3n) is 3.56. The first-order valence-corrected chi connectivity index (χ1v) is 13.7. The fraction of sp³-hybridized carbons (Fsp3) is 0.556. The molecule has 0 aromatic carbocycles. The van der Waals surface area contributed by atoms with E-state index in [2.05, 4.69) is 19.9 Å². The van der Waals surface area contributed by atoms with Crippen LogP contribution in [0.15, 0.2) is 47.2 Å². The highest BCUT2D eigenvalue weighted by atomic mass is 33.1. The normalized spacial score (nSPS) is 10.9. The molecule has 0 unspecified atom stereocenters. The summed E-state index contributed by atoms with van der Waals surface area (Å²) in [5.41, 5.74) is 0. The summed E-state index contributed by atoms with van der Waals surface area (Å²) in [7, 11) is 7.09. The standard InChI is InChI=1S/C18H26N4S4/c1(3-5-7-15-23-25-17-19-11-9-12-20-17)2-4-6-8-16-24-26-18-21-13-10-14-22-18/h9-14H,1-8,15-16H2. The molecule has 0 saturated heterocycles. The molecular weight excluding hydrogens is 400 g/mol. The number of unbranched alkanes of at least 4 members (excludes halogenated alkanes) is 7. The van der Waals surface area contributed by atoms with E-state index in [1.54, 1.807) is 46.4 Å². The third-order valence-corrected chi connectivity index (χ3v) is 8.02. The van der Waals surface area contributed by atoms with Gasteiger partial charge in [-0.2, -0.15) is 0 Å². The Labute approximate surface area is 172 Å². The van der Waals surface area contributed by atoms with Crippen LogP contribution in [0.2, 0.25) is 0 Å². The van der Waals surface area contributed by atoms with Crippen LogP contribution in [0.5, 0.6) is 0 Å². The Morgan fingerprint density at radius 1 is 0.500 bits per heavy atom. The summed E-state index contributed by atoms with van der Waals surface area (Å²) in [4.78, 5) is 16.8. The molecule has 0 fully saturated rings. The molecule has 0 bridgehead atoms. The van der Waals surface area contributed by atoms with Gasteiger partial charge in [0, 0.05) is 36.3 Å². The van der Waals surface area contributed by atoms with Gasteiger partial charge in [-0.05, 0) is 46.6 Å².